The second kappa shape index (κ2) is 52.4. The van der Waals surface area contributed by atoms with E-state index in [9.17, 15) is 14.7 Å². The van der Waals surface area contributed by atoms with E-state index in [1.54, 1.807) is 0 Å². The van der Waals surface area contributed by atoms with Gasteiger partial charge in [-0.15, -0.1) is 0 Å². The first-order chi connectivity index (χ1) is 30.6. The Balaban J connectivity index is 3.52. The Hall–Kier alpha value is -2.92. The van der Waals surface area contributed by atoms with Crippen LogP contribution in [0.25, 0.3) is 0 Å². The molecule has 0 heterocycles. The molecular weight excluding hydrogens is 765 g/mol. The maximum atomic E-state index is 12.2. The fourth-order valence-corrected chi connectivity index (χ4v) is 7.26. The summed E-state index contributed by atoms with van der Waals surface area (Å²) in [5, 5.41) is 9.62. The third-order valence-corrected chi connectivity index (χ3v) is 11.2. The highest BCUT2D eigenvalue weighted by Gasteiger charge is 2.16. The summed E-state index contributed by atoms with van der Waals surface area (Å²) in [6, 6.07) is 0. The van der Waals surface area contributed by atoms with E-state index in [0.717, 1.165) is 83.5 Å². The van der Waals surface area contributed by atoms with Crippen LogP contribution < -0.4 is 0 Å². The number of allylic oxidation sites excluding steroid dienone is 14. The number of carbonyl (C=O) groups is 2. The first-order valence-electron chi connectivity index (χ1n) is 26.1. The Morgan fingerprint density at radius 3 is 1.06 bits per heavy atom. The Morgan fingerprint density at radius 1 is 0.387 bits per heavy atom. The molecule has 5 nitrogen and oxygen atoms in total. The van der Waals surface area contributed by atoms with Crippen LogP contribution in [0.1, 0.15) is 245 Å². The van der Waals surface area contributed by atoms with E-state index < -0.39 is 6.10 Å². The number of hydrogen-bond acceptors (Lipinski definition) is 5. The number of esters is 2. The van der Waals surface area contributed by atoms with E-state index in [-0.39, 0.29) is 25.2 Å². The van der Waals surface area contributed by atoms with Crippen molar-refractivity contribution in [3.63, 3.8) is 0 Å². The average molecular weight is 863 g/mol. The van der Waals surface area contributed by atoms with Crippen LogP contribution in [-0.4, -0.2) is 36.4 Å². The predicted octanol–water partition coefficient (Wildman–Crippen LogP) is 17.4. The molecule has 0 saturated carbocycles. The standard InChI is InChI=1S/C57H98O5/c1-3-5-7-9-11-13-15-17-19-21-23-24-25-26-27-28-29-30-31-32-34-35-37-39-41-43-45-47-49-51-56(59)61-54-55(53-58)62-57(60)52-50-48-46-44-42-40-38-36-33-22-20-18-16-14-12-10-8-6-4-2/h6,8,12,14-15,17-18,20-21,23,33,36,40,42,55,58H,3-5,7,9-11,13,16,19,22,24-32,34-35,37-39,41,43-54H2,1-2H3/b8-6-,14-12-,17-15-,20-18-,23-21-,36-33-,42-40-. The van der Waals surface area contributed by atoms with Crippen LogP contribution in [0.5, 0.6) is 0 Å². The predicted molar refractivity (Wildman–Crippen MR) is 269 cm³/mol. The van der Waals surface area contributed by atoms with Gasteiger partial charge in [-0.3, -0.25) is 9.59 Å². The molecule has 0 aliphatic rings. The highest BCUT2D eigenvalue weighted by Crippen LogP contribution is 2.15. The van der Waals surface area contributed by atoms with Crippen molar-refractivity contribution in [2.75, 3.05) is 13.2 Å². The maximum absolute atomic E-state index is 12.2. The number of unbranched alkanes of at least 4 members (excludes halogenated alkanes) is 25. The van der Waals surface area contributed by atoms with Gasteiger partial charge < -0.3 is 14.6 Å². The van der Waals surface area contributed by atoms with Crippen molar-refractivity contribution in [2.45, 2.75) is 251 Å². The summed E-state index contributed by atoms with van der Waals surface area (Å²) < 4.78 is 10.7. The highest BCUT2D eigenvalue weighted by atomic mass is 16.6. The van der Waals surface area contributed by atoms with Crippen molar-refractivity contribution in [1.29, 1.82) is 0 Å². The van der Waals surface area contributed by atoms with E-state index in [0.29, 0.717) is 12.8 Å². The second-order valence-electron chi connectivity index (χ2n) is 17.2. The molecular formula is C57H98O5. The molecule has 0 spiro atoms. The molecule has 62 heavy (non-hydrogen) atoms. The molecule has 0 amide bonds. The second-order valence-corrected chi connectivity index (χ2v) is 17.2. The summed E-state index contributed by atoms with van der Waals surface area (Å²) in [4.78, 5) is 24.4. The van der Waals surface area contributed by atoms with Crippen LogP contribution in [0.15, 0.2) is 85.1 Å². The van der Waals surface area contributed by atoms with E-state index in [2.05, 4.69) is 98.9 Å². The average Bonchev–Trinajstić information content (AvgIpc) is 3.28. The number of ether oxygens (including phenoxy) is 2. The highest BCUT2D eigenvalue weighted by molar-refractivity contribution is 5.70. The summed E-state index contributed by atoms with van der Waals surface area (Å²) in [6.45, 7) is 4.00. The number of aliphatic hydroxyl groups excluding tert-OH is 1. The van der Waals surface area contributed by atoms with Gasteiger partial charge in [0.05, 0.1) is 6.61 Å². The lowest BCUT2D eigenvalue weighted by molar-refractivity contribution is -0.161. The fraction of sp³-hybridized carbons (Fsp3) is 0.719. The number of rotatable bonds is 47. The van der Waals surface area contributed by atoms with Gasteiger partial charge in [0, 0.05) is 12.8 Å². The maximum Gasteiger partial charge on any atom is 0.306 e. The molecule has 0 aliphatic carbocycles. The molecule has 0 fully saturated rings. The SMILES string of the molecule is CC/C=C\C/C=C\C/C=C\C/C=C\C/C=C\CCCCCC(=O)OC(CO)COC(=O)CCCCCCCCCCCCCCCCCCC/C=C\C/C=C\CCCCCCC. The monoisotopic (exact) mass is 863 g/mol. The van der Waals surface area contributed by atoms with Crippen molar-refractivity contribution in [1.82, 2.24) is 0 Å². The molecule has 0 aromatic rings. The number of aliphatic hydroxyl groups is 1. The fourth-order valence-electron chi connectivity index (χ4n) is 7.26. The lowest BCUT2D eigenvalue weighted by Gasteiger charge is -2.15. The largest absolute Gasteiger partial charge is 0.462 e. The van der Waals surface area contributed by atoms with E-state index in [1.165, 1.54) is 135 Å². The molecule has 0 bridgehead atoms. The molecule has 1 unspecified atom stereocenters. The molecule has 1 atom stereocenters. The lowest BCUT2D eigenvalue weighted by Crippen LogP contribution is -2.28. The molecule has 0 rings (SSSR count). The molecule has 0 radical (unpaired) electrons. The summed E-state index contributed by atoms with van der Waals surface area (Å²) in [7, 11) is 0. The van der Waals surface area contributed by atoms with Crippen LogP contribution in [-0.2, 0) is 19.1 Å². The summed E-state index contributed by atoms with van der Waals surface area (Å²) in [5.41, 5.74) is 0. The van der Waals surface area contributed by atoms with Gasteiger partial charge >= 0.3 is 11.9 Å². The lowest BCUT2D eigenvalue weighted by atomic mass is 10.0. The van der Waals surface area contributed by atoms with Gasteiger partial charge in [-0.25, -0.2) is 0 Å². The molecule has 0 aromatic heterocycles. The van der Waals surface area contributed by atoms with Crippen molar-refractivity contribution >= 4 is 11.9 Å². The third-order valence-electron chi connectivity index (χ3n) is 11.2. The van der Waals surface area contributed by atoms with Gasteiger partial charge in [-0.1, -0.05) is 227 Å². The molecule has 0 aromatic carbocycles. The quantitative estimate of drug-likeness (QED) is 0.0375. The zero-order valence-electron chi connectivity index (χ0n) is 40.6. The van der Waals surface area contributed by atoms with E-state index in [1.807, 2.05) is 0 Å². The van der Waals surface area contributed by atoms with E-state index in [4.69, 9.17) is 9.47 Å². The van der Waals surface area contributed by atoms with Crippen molar-refractivity contribution in [3.8, 4) is 0 Å². The smallest absolute Gasteiger partial charge is 0.306 e. The third kappa shape index (κ3) is 49.7. The zero-order chi connectivity index (χ0) is 44.9. The van der Waals surface area contributed by atoms with E-state index >= 15 is 0 Å². The topological polar surface area (TPSA) is 72.8 Å². The van der Waals surface area contributed by atoms with Gasteiger partial charge in [-0.2, -0.15) is 0 Å². The summed E-state index contributed by atoms with van der Waals surface area (Å²) in [6.07, 6.45) is 72.6. The van der Waals surface area contributed by atoms with Gasteiger partial charge in [0.2, 0.25) is 0 Å². The zero-order valence-corrected chi connectivity index (χ0v) is 40.6. The Morgan fingerprint density at radius 2 is 0.694 bits per heavy atom. The van der Waals surface area contributed by atoms with Crippen LogP contribution in [0.2, 0.25) is 0 Å². The van der Waals surface area contributed by atoms with Gasteiger partial charge in [0.15, 0.2) is 6.10 Å². The molecule has 5 heteroatoms. The minimum absolute atomic E-state index is 0.0819. The van der Waals surface area contributed by atoms with Crippen LogP contribution in [0.4, 0.5) is 0 Å². The number of hydrogen-bond donors (Lipinski definition) is 1. The first-order valence-corrected chi connectivity index (χ1v) is 26.1. The molecule has 0 aliphatic heterocycles. The normalized spacial score (nSPS) is 12.9. The van der Waals surface area contributed by atoms with Gasteiger partial charge in [0.25, 0.3) is 0 Å². The minimum atomic E-state index is -0.793. The summed E-state index contributed by atoms with van der Waals surface area (Å²) >= 11 is 0. The molecule has 1 N–H and O–H groups in total. The van der Waals surface area contributed by atoms with Crippen molar-refractivity contribution < 1.29 is 24.2 Å². The minimum Gasteiger partial charge on any atom is -0.462 e. The van der Waals surface area contributed by atoms with Crippen LogP contribution >= 0.6 is 0 Å². The molecule has 356 valence electrons. The van der Waals surface area contributed by atoms with Crippen LogP contribution in [0, 0.1) is 0 Å². The van der Waals surface area contributed by atoms with Gasteiger partial charge in [-0.05, 0) is 89.9 Å². The number of carbonyl (C=O) groups excluding carboxylic acids is 2. The van der Waals surface area contributed by atoms with Crippen molar-refractivity contribution in [3.05, 3.63) is 85.1 Å². The van der Waals surface area contributed by atoms with Gasteiger partial charge in [0.1, 0.15) is 6.61 Å². The summed E-state index contributed by atoms with van der Waals surface area (Å²) in [5.74, 6) is -0.626. The molecule has 0 saturated heterocycles. The first kappa shape index (κ1) is 59.1. The Bertz CT molecular complexity index is 1160. The van der Waals surface area contributed by atoms with Crippen LogP contribution in [0.3, 0.4) is 0 Å². The Kier molecular flexibility index (Phi) is 50.0. The Labute approximate surface area is 384 Å². The van der Waals surface area contributed by atoms with Crippen molar-refractivity contribution in [2.24, 2.45) is 0 Å².